The van der Waals surface area contributed by atoms with Crippen LogP contribution in [0.25, 0.3) is 10.8 Å². The summed E-state index contributed by atoms with van der Waals surface area (Å²) < 4.78 is 0. The summed E-state index contributed by atoms with van der Waals surface area (Å²) in [6, 6.07) is 8.06. The van der Waals surface area contributed by atoms with Gasteiger partial charge in [0, 0.05) is 56.6 Å². The van der Waals surface area contributed by atoms with Crippen LogP contribution in [0.5, 0.6) is 0 Å². The number of fused-ring (bicyclic) bond motifs is 1. The lowest BCUT2D eigenvalue weighted by Crippen LogP contribution is -2.48. The van der Waals surface area contributed by atoms with Crippen molar-refractivity contribution in [2.24, 2.45) is 5.92 Å². The molecule has 2 aliphatic heterocycles. The van der Waals surface area contributed by atoms with Gasteiger partial charge < -0.3 is 9.80 Å². The van der Waals surface area contributed by atoms with E-state index in [0.29, 0.717) is 18.8 Å². The summed E-state index contributed by atoms with van der Waals surface area (Å²) >= 11 is 0. The molecule has 3 heterocycles. The molecule has 1 aromatic carbocycles. The Labute approximate surface area is 166 Å². The summed E-state index contributed by atoms with van der Waals surface area (Å²) in [6.45, 7) is 12.1. The molecule has 0 aliphatic carbocycles. The van der Waals surface area contributed by atoms with Crippen molar-refractivity contribution in [1.29, 1.82) is 0 Å². The molecule has 2 fully saturated rings. The first-order chi connectivity index (χ1) is 13.7. The van der Waals surface area contributed by atoms with Gasteiger partial charge in [-0.3, -0.25) is 9.69 Å². The van der Waals surface area contributed by atoms with Gasteiger partial charge in [0.25, 0.3) is 5.91 Å². The van der Waals surface area contributed by atoms with Crippen LogP contribution in [0, 0.1) is 5.92 Å². The van der Waals surface area contributed by atoms with Crippen LogP contribution in [-0.4, -0.2) is 71.7 Å². The van der Waals surface area contributed by atoms with Gasteiger partial charge in [-0.2, -0.15) is 0 Å². The molecule has 0 spiro atoms. The Hall–Kier alpha value is -2.47. The average molecular weight is 380 g/mol. The minimum absolute atomic E-state index is 0.0132. The number of benzene rings is 1. The standard InChI is InChI=1S/C22H29N5O/c1-3-10-25-13-15-27(16-14-25)22(28)20-18-6-4-5-7-19(18)21(24-23-20)26-11-8-17(2)9-12-26/h3-7,17H,1,8-16H2,2H3. The van der Waals surface area contributed by atoms with E-state index in [9.17, 15) is 4.79 Å². The summed E-state index contributed by atoms with van der Waals surface area (Å²) in [5.74, 6) is 1.66. The van der Waals surface area contributed by atoms with E-state index in [1.165, 1.54) is 12.8 Å². The van der Waals surface area contributed by atoms with Gasteiger partial charge >= 0.3 is 0 Å². The minimum atomic E-state index is -0.0132. The van der Waals surface area contributed by atoms with Gasteiger partial charge in [-0.15, -0.1) is 16.8 Å². The number of amides is 1. The van der Waals surface area contributed by atoms with Crippen molar-refractivity contribution in [1.82, 2.24) is 20.0 Å². The lowest BCUT2D eigenvalue weighted by molar-refractivity contribution is 0.0645. The molecule has 0 unspecified atom stereocenters. The summed E-state index contributed by atoms with van der Waals surface area (Å²) in [6.07, 6.45) is 4.26. The molecule has 0 atom stereocenters. The van der Waals surface area contributed by atoms with Gasteiger partial charge in [-0.25, -0.2) is 0 Å². The van der Waals surface area contributed by atoms with Crippen LogP contribution in [0.15, 0.2) is 36.9 Å². The lowest BCUT2D eigenvalue weighted by Gasteiger charge is -2.34. The fourth-order valence-electron chi connectivity index (χ4n) is 4.17. The predicted molar refractivity (Wildman–Crippen MR) is 113 cm³/mol. The number of carbonyl (C=O) groups excluding carboxylic acids is 1. The second-order valence-corrected chi connectivity index (χ2v) is 7.97. The molecule has 2 aliphatic rings. The monoisotopic (exact) mass is 379 g/mol. The molecule has 1 aromatic heterocycles. The van der Waals surface area contributed by atoms with E-state index in [1.54, 1.807) is 0 Å². The highest BCUT2D eigenvalue weighted by molar-refractivity contribution is 6.07. The highest BCUT2D eigenvalue weighted by Crippen LogP contribution is 2.29. The first-order valence-corrected chi connectivity index (χ1v) is 10.3. The molecule has 4 rings (SSSR count). The third kappa shape index (κ3) is 3.74. The predicted octanol–water partition coefficient (Wildman–Crippen LogP) is 2.81. The Morgan fingerprint density at radius 2 is 1.75 bits per heavy atom. The zero-order valence-electron chi connectivity index (χ0n) is 16.7. The molecule has 6 heteroatoms. The quantitative estimate of drug-likeness (QED) is 0.765. The maximum absolute atomic E-state index is 13.2. The van der Waals surface area contributed by atoms with Crippen molar-refractivity contribution in [2.75, 3.05) is 50.7 Å². The number of piperazine rings is 1. The second-order valence-electron chi connectivity index (χ2n) is 7.97. The van der Waals surface area contributed by atoms with Crippen LogP contribution < -0.4 is 4.90 Å². The van der Waals surface area contributed by atoms with Crippen LogP contribution in [0.2, 0.25) is 0 Å². The minimum Gasteiger partial charge on any atom is -0.355 e. The van der Waals surface area contributed by atoms with Gasteiger partial charge in [-0.1, -0.05) is 37.3 Å². The largest absolute Gasteiger partial charge is 0.355 e. The van der Waals surface area contributed by atoms with E-state index in [2.05, 4.69) is 39.6 Å². The van der Waals surface area contributed by atoms with E-state index in [0.717, 1.165) is 55.2 Å². The van der Waals surface area contributed by atoms with E-state index in [1.807, 2.05) is 29.2 Å². The number of piperidine rings is 1. The van der Waals surface area contributed by atoms with Crippen LogP contribution in [0.1, 0.15) is 30.3 Å². The van der Waals surface area contributed by atoms with Crippen molar-refractivity contribution < 1.29 is 4.79 Å². The molecule has 0 bridgehead atoms. The molecule has 2 aromatic rings. The van der Waals surface area contributed by atoms with E-state index in [-0.39, 0.29) is 5.91 Å². The van der Waals surface area contributed by atoms with Crippen molar-refractivity contribution in [2.45, 2.75) is 19.8 Å². The van der Waals surface area contributed by atoms with Crippen LogP contribution in [0.3, 0.4) is 0 Å². The third-order valence-electron chi connectivity index (χ3n) is 6.00. The highest BCUT2D eigenvalue weighted by Gasteiger charge is 2.26. The SMILES string of the molecule is C=CCN1CCN(C(=O)c2nnc(N3CCC(C)CC3)c3ccccc23)CC1. The Balaban J connectivity index is 1.59. The van der Waals surface area contributed by atoms with Gasteiger partial charge in [0.1, 0.15) is 0 Å². The summed E-state index contributed by atoms with van der Waals surface area (Å²) in [7, 11) is 0. The lowest BCUT2D eigenvalue weighted by atomic mass is 9.99. The maximum atomic E-state index is 13.2. The highest BCUT2D eigenvalue weighted by atomic mass is 16.2. The van der Waals surface area contributed by atoms with E-state index < -0.39 is 0 Å². The molecular formula is C22H29N5O. The molecule has 1 amide bonds. The smallest absolute Gasteiger partial charge is 0.275 e. The van der Waals surface area contributed by atoms with E-state index >= 15 is 0 Å². The van der Waals surface area contributed by atoms with Gasteiger partial charge in [0.2, 0.25) is 0 Å². The fraction of sp³-hybridized carbons (Fsp3) is 0.500. The fourth-order valence-corrected chi connectivity index (χ4v) is 4.17. The molecule has 28 heavy (non-hydrogen) atoms. The average Bonchev–Trinajstić information content (AvgIpc) is 2.74. The first-order valence-electron chi connectivity index (χ1n) is 10.3. The number of hydrogen-bond acceptors (Lipinski definition) is 5. The Morgan fingerprint density at radius 1 is 1.07 bits per heavy atom. The Morgan fingerprint density at radius 3 is 2.43 bits per heavy atom. The van der Waals surface area contributed by atoms with Gasteiger partial charge in [-0.05, 0) is 18.8 Å². The first kappa shape index (κ1) is 18.9. The van der Waals surface area contributed by atoms with Crippen molar-refractivity contribution in [3.05, 3.63) is 42.6 Å². The van der Waals surface area contributed by atoms with Gasteiger partial charge in [0.05, 0.1) is 0 Å². The molecule has 148 valence electrons. The van der Waals surface area contributed by atoms with E-state index in [4.69, 9.17) is 0 Å². The summed E-state index contributed by atoms with van der Waals surface area (Å²) in [5.41, 5.74) is 0.474. The Kier molecular flexibility index (Phi) is 5.57. The second kappa shape index (κ2) is 8.27. The molecule has 6 nitrogen and oxygen atoms in total. The summed E-state index contributed by atoms with van der Waals surface area (Å²) in [4.78, 5) is 19.7. The van der Waals surface area contributed by atoms with Crippen LogP contribution in [-0.2, 0) is 0 Å². The zero-order chi connectivity index (χ0) is 19.5. The third-order valence-corrected chi connectivity index (χ3v) is 6.00. The van der Waals surface area contributed by atoms with Crippen LogP contribution in [0.4, 0.5) is 5.82 Å². The zero-order valence-corrected chi connectivity index (χ0v) is 16.7. The number of anilines is 1. The molecule has 0 radical (unpaired) electrons. The Bertz CT molecular complexity index is 851. The van der Waals surface area contributed by atoms with Crippen molar-refractivity contribution in [3.8, 4) is 0 Å². The molecule has 2 saturated heterocycles. The molecule has 0 saturated carbocycles. The number of rotatable bonds is 4. The molecule has 0 N–H and O–H groups in total. The number of carbonyl (C=O) groups is 1. The topological polar surface area (TPSA) is 52.6 Å². The number of hydrogen-bond donors (Lipinski definition) is 0. The molecular weight excluding hydrogens is 350 g/mol. The summed E-state index contributed by atoms with van der Waals surface area (Å²) in [5, 5.41) is 10.9. The number of aromatic nitrogens is 2. The maximum Gasteiger partial charge on any atom is 0.275 e. The number of nitrogens with zero attached hydrogens (tertiary/aromatic N) is 5. The van der Waals surface area contributed by atoms with Gasteiger partial charge in [0.15, 0.2) is 11.5 Å². The van der Waals surface area contributed by atoms with Crippen molar-refractivity contribution >= 4 is 22.5 Å². The normalized spacial score (nSPS) is 19.2. The van der Waals surface area contributed by atoms with Crippen LogP contribution >= 0.6 is 0 Å². The van der Waals surface area contributed by atoms with Crippen molar-refractivity contribution in [3.63, 3.8) is 0 Å².